The van der Waals surface area contributed by atoms with Gasteiger partial charge < -0.3 is 15.2 Å². The van der Waals surface area contributed by atoms with Gasteiger partial charge in [0, 0.05) is 18.8 Å². The number of halogens is 1. The first-order chi connectivity index (χ1) is 7.17. The lowest BCUT2D eigenvalue weighted by atomic mass is 10.2. The Bertz CT molecular complexity index is 317. The van der Waals surface area contributed by atoms with E-state index in [9.17, 15) is 0 Å². The molecule has 4 heteroatoms. The van der Waals surface area contributed by atoms with Gasteiger partial charge in [0.15, 0.2) is 0 Å². The topological polar surface area (TPSA) is 41.5 Å². The number of aliphatic hydroxyl groups is 1. The molecule has 0 amide bonds. The van der Waals surface area contributed by atoms with Crippen LogP contribution in [0.1, 0.15) is 6.92 Å². The van der Waals surface area contributed by atoms with Crippen molar-refractivity contribution in [2.75, 3.05) is 25.6 Å². The molecule has 2 N–H and O–H groups in total. The fourth-order valence-corrected chi connectivity index (χ4v) is 1.67. The predicted molar refractivity (Wildman–Crippen MR) is 65.4 cm³/mol. The van der Waals surface area contributed by atoms with Crippen molar-refractivity contribution in [2.24, 2.45) is 5.92 Å². The third-order valence-electron chi connectivity index (χ3n) is 2.12. The molecule has 1 atom stereocenters. The van der Waals surface area contributed by atoms with Crippen molar-refractivity contribution in [3.8, 4) is 5.75 Å². The van der Waals surface area contributed by atoms with E-state index >= 15 is 0 Å². The summed E-state index contributed by atoms with van der Waals surface area (Å²) in [5.41, 5.74) is 1.02. The maximum atomic E-state index is 8.88. The Morgan fingerprint density at radius 1 is 1.53 bits per heavy atom. The Balaban J connectivity index is 2.59. The highest BCUT2D eigenvalue weighted by atomic mass is 79.9. The van der Waals surface area contributed by atoms with E-state index in [1.165, 1.54) is 0 Å². The second-order valence-corrected chi connectivity index (χ2v) is 4.37. The molecule has 0 aliphatic rings. The van der Waals surface area contributed by atoms with E-state index < -0.39 is 0 Å². The summed E-state index contributed by atoms with van der Waals surface area (Å²) in [4.78, 5) is 0. The second-order valence-electron chi connectivity index (χ2n) is 3.52. The van der Waals surface area contributed by atoms with Crippen LogP contribution in [0.15, 0.2) is 22.7 Å². The number of hydrogen-bond acceptors (Lipinski definition) is 3. The number of nitrogens with one attached hydrogen (secondary N) is 1. The summed E-state index contributed by atoms with van der Waals surface area (Å²) < 4.78 is 6.05. The van der Waals surface area contributed by atoms with Gasteiger partial charge in [-0.2, -0.15) is 0 Å². The molecule has 1 rings (SSSR count). The average molecular weight is 274 g/mol. The Hall–Kier alpha value is -0.740. The first-order valence-electron chi connectivity index (χ1n) is 4.85. The zero-order valence-corrected chi connectivity index (χ0v) is 10.5. The molecule has 0 radical (unpaired) electrons. The zero-order chi connectivity index (χ0) is 11.3. The van der Waals surface area contributed by atoms with Crippen molar-refractivity contribution < 1.29 is 9.84 Å². The number of ether oxygens (including phenoxy) is 1. The molecule has 1 aromatic carbocycles. The largest absolute Gasteiger partial charge is 0.496 e. The zero-order valence-electron chi connectivity index (χ0n) is 8.96. The summed E-state index contributed by atoms with van der Waals surface area (Å²) in [5.74, 6) is 1.07. The van der Waals surface area contributed by atoms with Gasteiger partial charge in [0.25, 0.3) is 0 Å². The molecular weight excluding hydrogens is 258 g/mol. The lowest BCUT2D eigenvalue weighted by molar-refractivity contribution is 0.244. The predicted octanol–water partition coefficient (Wildman–Crippen LogP) is 2.50. The van der Waals surface area contributed by atoms with E-state index in [4.69, 9.17) is 9.84 Å². The molecule has 0 aliphatic carbocycles. The van der Waals surface area contributed by atoms with Crippen LogP contribution in [0.3, 0.4) is 0 Å². The van der Waals surface area contributed by atoms with Crippen LogP contribution in [0.25, 0.3) is 0 Å². The van der Waals surface area contributed by atoms with E-state index in [1.807, 2.05) is 25.1 Å². The molecule has 0 saturated heterocycles. The van der Waals surface area contributed by atoms with Crippen LogP contribution in [0.5, 0.6) is 5.75 Å². The van der Waals surface area contributed by atoms with Crippen molar-refractivity contribution >= 4 is 21.6 Å². The molecule has 0 aliphatic heterocycles. The number of methoxy groups -OCH3 is 1. The van der Waals surface area contributed by atoms with E-state index in [2.05, 4.69) is 21.2 Å². The molecule has 0 fully saturated rings. The first kappa shape index (κ1) is 12.3. The number of hydrogen-bond donors (Lipinski definition) is 2. The van der Waals surface area contributed by atoms with Crippen LogP contribution in [0, 0.1) is 5.92 Å². The summed E-state index contributed by atoms with van der Waals surface area (Å²) in [6, 6.07) is 5.81. The van der Waals surface area contributed by atoms with Crippen molar-refractivity contribution in [2.45, 2.75) is 6.92 Å². The summed E-state index contributed by atoms with van der Waals surface area (Å²) >= 11 is 3.42. The van der Waals surface area contributed by atoms with Gasteiger partial charge >= 0.3 is 0 Å². The van der Waals surface area contributed by atoms with Crippen LogP contribution >= 0.6 is 15.9 Å². The summed E-state index contributed by atoms with van der Waals surface area (Å²) in [7, 11) is 1.64. The molecule has 0 aromatic heterocycles. The fourth-order valence-electron chi connectivity index (χ4n) is 1.13. The van der Waals surface area contributed by atoms with Crippen molar-refractivity contribution in [3.63, 3.8) is 0 Å². The summed E-state index contributed by atoms with van der Waals surface area (Å²) in [6.45, 7) is 2.95. The highest BCUT2D eigenvalue weighted by molar-refractivity contribution is 9.10. The van der Waals surface area contributed by atoms with Gasteiger partial charge in [-0.1, -0.05) is 6.92 Å². The van der Waals surface area contributed by atoms with Crippen LogP contribution in [-0.2, 0) is 0 Å². The maximum absolute atomic E-state index is 8.88. The van der Waals surface area contributed by atoms with Gasteiger partial charge in [-0.3, -0.25) is 0 Å². The molecule has 0 saturated carbocycles. The van der Waals surface area contributed by atoms with Gasteiger partial charge in [0.05, 0.1) is 11.6 Å². The average Bonchev–Trinajstić information content (AvgIpc) is 2.26. The highest BCUT2D eigenvalue weighted by Gasteiger charge is 2.02. The van der Waals surface area contributed by atoms with E-state index in [0.717, 1.165) is 22.5 Å². The standard InChI is InChI=1S/C11H16BrNO2/c1-8(7-14)6-13-9-3-4-11(15-2)10(12)5-9/h3-5,8,13-14H,6-7H2,1-2H3. The minimum Gasteiger partial charge on any atom is -0.496 e. The molecule has 3 nitrogen and oxygen atoms in total. The molecular formula is C11H16BrNO2. The number of anilines is 1. The van der Waals surface area contributed by atoms with Crippen LogP contribution in [0.4, 0.5) is 5.69 Å². The minimum atomic E-state index is 0.199. The summed E-state index contributed by atoms with van der Waals surface area (Å²) in [5, 5.41) is 12.1. The normalized spacial score (nSPS) is 12.3. The van der Waals surface area contributed by atoms with Gasteiger partial charge in [-0.15, -0.1) is 0 Å². The van der Waals surface area contributed by atoms with Crippen LogP contribution in [-0.4, -0.2) is 25.4 Å². The maximum Gasteiger partial charge on any atom is 0.133 e. The Kier molecular flexibility index (Phi) is 4.91. The monoisotopic (exact) mass is 273 g/mol. The van der Waals surface area contributed by atoms with Gasteiger partial charge in [-0.25, -0.2) is 0 Å². The Morgan fingerprint density at radius 2 is 2.27 bits per heavy atom. The quantitative estimate of drug-likeness (QED) is 0.866. The number of aliphatic hydroxyl groups excluding tert-OH is 1. The smallest absolute Gasteiger partial charge is 0.133 e. The van der Waals surface area contributed by atoms with E-state index in [1.54, 1.807) is 7.11 Å². The van der Waals surface area contributed by atoms with Crippen LogP contribution < -0.4 is 10.1 Å². The fraction of sp³-hybridized carbons (Fsp3) is 0.455. The van der Waals surface area contributed by atoms with Gasteiger partial charge in [0.1, 0.15) is 5.75 Å². The van der Waals surface area contributed by atoms with Crippen molar-refractivity contribution in [1.82, 2.24) is 0 Å². The Labute approximate surface area is 98.6 Å². The van der Waals surface area contributed by atoms with Crippen LogP contribution in [0.2, 0.25) is 0 Å². The van der Waals surface area contributed by atoms with Crippen molar-refractivity contribution in [1.29, 1.82) is 0 Å². The molecule has 15 heavy (non-hydrogen) atoms. The molecule has 0 spiro atoms. The van der Waals surface area contributed by atoms with Gasteiger partial charge in [-0.05, 0) is 40.0 Å². The molecule has 1 aromatic rings. The second kappa shape index (κ2) is 5.98. The first-order valence-corrected chi connectivity index (χ1v) is 5.65. The number of rotatable bonds is 5. The third-order valence-corrected chi connectivity index (χ3v) is 2.74. The molecule has 84 valence electrons. The highest BCUT2D eigenvalue weighted by Crippen LogP contribution is 2.27. The lowest BCUT2D eigenvalue weighted by Crippen LogP contribution is -2.14. The number of benzene rings is 1. The van der Waals surface area contributed by atoms with E-state index in [-0.39, 0.29) is 12.5 Å². The third kappa shape index (κ3) is 3.72. The van der Waals surface area contributed by atoms with E-state index in [0.29, 0.717) is 0 Å². The van der Waals surface area contributed by atoms with Crippen molar-refractivity contribution in [3.05, 3.63) is 22.7 Å². The Morgan fingerprint density at radius 3 is 2.80 bits per heavy atom. The minimum absolute atomic E-state index is 0.199. The lowest BCUT2D eigenvalue weighted by Gasteiger charge is -2.12. The molecule has 0 bridgehead atoms. The van der Waals surface area contributed by atoms with Gasteiger partial charge in [0.2, 0.25) is 0 Å². The summed E-state index contributed by atoms with van der Waals surface area (Å²) in [6.07, 6.45) is 0. The molecule has 0 heterocycles. The SMILES string of the molecule is COc1ccc(NCC(C)CO)cc1Br. The molecule has 1 unspecified atom stereocenters.